The summed E-state index contributed by atoms with van der Waals surface area (Å²) in [6.45, 7) is 5.12. The Morgan fingerprint density at radius 3 is 2.72 bits per heavy atom. The molecule has 4 heteroatoms. The number of likely N-dealkylation sites (N-methyl/N-ethyl adjacent to an activating group) is 1. The molecule has 1 aromatic rings. The molecule has 0 radical (unpaired) electrons. The van der Waals surface area contributed by atoms with Gasteiger partial charge in [0.15, 0.2) is 0 Å². The molecule has 1 aromatic heterocycles. The number of aromatic nitrogens is 1. The molecule has 0 saturated carbocycles. The van der Waals surface area contributed by atoms with Crippen LogP contribution in [0.4, 0.5) is 0 Å². The van der Waals surface area contributed by atoms with Gasteiger partial charge in [-0.3, -0.25) is 9.88 Å². The van der Waals surface area contributed by atoms with Crippen molar-refractivity contribution >= 4 is 0 Å². The van der Waals surface area contributed by atoms with Gasteiger partial charge in [-0.05, 0) is 32.1 Å². The molecule has 1 saturated heterocycles. The van der Waals surface area contributed by atoms with E-state index in [1.165, 1.54) is 0 Å². The van der Waals surface area contributed by atoms with Gasteiger partial charge in [0.05, 0.1) is 11.7 Å². The number of pyridine rings is 1. The van der Waals surface area contributed by atoms with Crippen LogP contribution in [0.2, 0.25) is 0 Å². The maximum Gasteiger partial charge on any atom is 0.0645 e. The fraction of sp³-hybridized carbons (Fsp3) is 0.643. The van der Waals surface area contributed by atoms with Crippen LogP contribution >= 0.6 is 0 Å². The van der Waals surface area contributed by atoms with Crippen molar-refractivity contribution in [2.45, 2.75) is 19.0 Å². The number of hydrogen-bond donors (Lipinski definition) is 1. The fourth-order valence-electron chi connectivity index (χ4n) is 2.94. The number of rotatable bonds is 4. The third-order valence-corrected chi connectivity index (χ3v) is 3.96. The van der Waals surface area contributed by atoms with E-state index in [-0.39, 0.29) is 6.04 Å². The third kappa shape index (κ3) is 2.71. The molecule has 0 aliphatic carbocycles. The van der Waals surface area contributed by atoms with Gasteiger partial charge in [0.2, 0.25) is 0 Å². The predicted octanol–water partition coefficient (Wildman–Crippen LogP) is 0.963. The summed E-state index contributed by atoms with van der Waals surface area (Å²) in [5.41, 5.74) is 7.05. The quantitative estimate of drug-likeness (QED) is 0.862. The van der Waals surface area contributed by atoms with E-state index in [1.807, 2.05) is 18.3 Å². The summed E-state index contributed by atoms with van der Waals surface area (Å²) in [6, 6.07) is 6.92. The zero-order chi connectivity index (χ0) is 13.1. The Labute approximate surface area is 110 Å². The minimum Gasteiger partial charge on any atom is -0.329 e. The lowest BCUT2D eigenvalue weighted by molar-refractivity contribution is 0.216. The highest BCUT2D eigenvalue weighted by atomic mass is 15.3. The standard InChI is InChI=1S/C14H24N4/c1-11-9-18(10-14(11)17(2)3)13(8-15)12-6-4-5-7-16-12/h4-7,11,13-14H,8-10,15H2,1-3H3. The van der Waals surface area contributed by atoms with E-state index in [4.69, 9.17) is 5.73 Å². The van der Waals surface area contributed by atoms with Crippen LogP contribution in [-0.4, -0.2) is 54.6 Å². The maximum absolute atomic E-state index is 5.96. The average Bonchev–Trinajstić information content (AvgIpc) is 2.74. The Morgan fingerprint density at radius 1 is 1.44 bits per heavy atom. The lowest BCUT2D eigenvalue weighted by atomic mass is 10.1. The summed E-state index contributed by atoms with van der Waals surface area (Å²) in [5, 5.41) is 0. The smallest absolute Gasteiger partial charge is 0.0645 e. The summed E-state index contributed by atoms with van der Waals surface area (Å²) in [6.07, 6.45) is 1.85. The Morgan fingerprint density at radius 2 is 2.22 bits per heavy atom. The second-order valence-electron chi connectivity index (χ2n) is 5.47. The van der Waals surface area contributed by atoms with Gasteiger partial charge in [0, 0.05) is 31.9 Å². The Kier molecular flexibility index (Phi) is 4.32. The Bertz CT molecular complexity index is 365. The van der Waals surface area contributed by atoms with E-state index in [9.17, 15) is 0 Å². The summed E-state index contributed by atoms with van der Waals surface area (Å²) in [7, 11) is 4.31. The van der Waals surface area contributed by atoms with Gasteiger partial charge >= 0.3 is 0 Å². The number of hydrogen-bond acceptors (Lipinski definition) is 4. The van der Waals surface area contributed by atoms with E-state index in [0.717, 1.165) is 18.8 Å². The zero-order valence-electron chi connectivity index (χ0n) is 11.6. The normalized spacial score (nSPS) is 26.7. The minimum atomic E-state index is 0.249. The first kappa shape index (κ1) is 13.5. The number of likely N-dealkylation sites (tertiary alicyclic amines) is 1. The molecule has 0 spiro atoms. The van der Waals surface area contributed by atoms with Crippen molar-refractivity contribution < 1.29 is 0 Å². The van der Waals surface area contributed by atoms with E-state index in [1.54, 1.807) is 0 Å². The highest BCUT2D eigenvalue weighted by molar-refractivity contribution is 5.10. The molecule has 2 N–H and O–H groups in total. The largest absolute Gasteiger partial charge is 0.329 e. The van der Waals surface area contributed by atoms with Crippen molar-refractivity contribution in [3.8, 4) is 0 Å². The molecule has 100 valence electrons. The molecular weight excluding hydrogens is 224 g/mol. The first-order valence-electron chi connectivity index (χ1n) is 6.65. The van der Waals surface area contributed by atoms with Crippen LogP contribution in [-0.2, 0) is 0 Å². The van der Waals surface area contributed by atoms with Gasteiger partial charge in [-0.15, -0.1) is 0 Å². The molecule has 0 amide bonds. The summed E-state index contributed by atoms with van der Waals surface area (Å²) in [5.74, 6) is 0.678. The van der Waals surface area contributed by atoms with Crippen LogP contribution in [0.5, 0.6) is 0 Å². The summed E-state index contributed by atoms with van der Waals surface area (Å²) < 4.78 is 0. The molecule has 2 rings (SSSR count). The SMILES string of the molecule is CC1CN(C(CN)c2ccccn2)CC1N(C)C. The third-order valence-electron chi connectivity index (χ3n) is 3.96. The molecule has 3 atom stereocenters. The molecule has 2 heterocycles. The molecule has 1 aliphatic heterocycles. The predicted molar refractivity (Wildman–Crippen MR) is 74.2 cm³/mol. The van der Waals surface area contributed by atoms with E-state index < -0.39 is 0 Å². The van der Waals surface area contributed by atoms with Crippen molar-refractivity contribution in [3.63, 3.8) is 0 Å². The van der Waals surface area contributed by atoms with Gasteiger partial charge in [-0.1, -0.05) is 13.0 Å². The molecule has 4 nitrogen and oxygen atoms in total. The van der Waals surface area contributed by atoms with Crippen LogP contribution in [0.15, 0.2) is 24.4 Å². The average molecular weight is 248 g/mol. The zero-order valence-corrected chi connectivity index (χ0v) is 11.6. The number of nitrogens with two attached hydrogens (primary N) is 1. The molecular formula is C14H24N4. The van der Waals surface area contributed by atoms with Crippen LogP contribution in [0.25, 0.3) is 0 Å². The van der Waals surface area contributed by atoms with E-state index in [2.05, 4.69) is 41.9 Å². The fourth-order valence-corrected chi connectivity index (χ4v) is 2.94. The maximum atomic E-state index is 5.96. The highest BCUT2D eigenvalue weighted by Crippen LogP contribution is 2.27. The molecule has 1 aliphatic rings. The first-order chi connectivity index (χ1) is 8.63. The second kappa shape index (κ2) is 5.78. The van der Waals surface area contributed by atoms with Gasteiger partial charge in [-0.2, -0.15) is 0 Å². The van der Waals surface area contributed by atoms with Crippen molar-refractivity contribution in [2.75, 3.05) is 33.7 Å². The first-order valence-corrected chi connectivity index (χ1v) is 6.65. The van der Waals surface area contributed by atoms with Gasteiger partial charge < -0.3 is 10.6 Å². The summed E-state index contributed by atoms with van der Waals surface area (Å²) in [4.78, 5) is 9.24. The molecule has 1 fully saturated rings. The Balaban J connectivity index is 2.11. The topological polar surface area (TPSA) is 45.4 Å². The van der Waals surface area contributed by atoms with Gasteiger partial charge in [-0.25, -0.2) is 0 Å². The lowest BCUT2D eigenvalue weighted by Gasteiger charge is -2.27. The van der Waals surface area contributed by atoms with Gasteiger partial charge in [0.1, 0.15) is 0 Å². The van der Waals surface area contributed by atoms with Crippen LogP contribution < -0.4 is 5.73 Å². The van der Waals surface area contributed by atoms with Crippen molar-refractivity contribution in [3.05, 3.63) is 30.1 Å². The van der Waals surface area contributed by atoms with Crippen LogP contribution in [0, 0.1) is 5.92 Å². The van der Waals surface area contributed by atoms with Crippen molar-refractivity contribution in [1.82, 2.24) is 14.8 Å². The highest BCUT2D eigenvalue weighted by Gasteiger charge is 2.35. The second-order valence-corrected chi connectivity index (χ2v) is 5.47. The Hall–Kier alpha value is -0.970. The molecule has 0 aromatic carbocycles. The van der Waals surface area contributed by atoms with Crippen LogP contribution in [0.1, 0.15) is 18.7 Å². The van der Waals surface area contributed by atoms with Crippen molar-refractivity contribution in [1.29, 1.82) is 0 Å². The van der Waals surface area contributed by atoms with E-state index >= 15 is 0 Å². The summed E-state index contributed by atoms with van der Waals surface area (Å²) >= 11 is 0. The monoisotopic (exact) mass is 248 g/mol. The molecule has 18 heavy (non-hydrogen) atoms. The van der Waals surface area contributed by atoms with E-state index in [0.29, 0.717) is 18.5 Å². The molecule has 3 unspecified atom stereocenters. The van der Waals surface area contributed by atoms with Crippen molar-refractivity contribution in [2.24, 2.45) is 11.7 Å². The van der Waals surface area contributed by atoms with Gasteiger partial charge in [0.25, 0.3) is 0 Å². The lowest BCUT2D eigenvalue weighted by Crippen LogP contribution is -2.37. The minimum absolute atomic E-state index is 0.249. The number of nitrogens with zero attached hydrogens (tertiary/aromatic N) is 3. The van der Waals surface area contributed by atoms with Crippen LogP contribution in [0.3, 0.4) is 0 Å². The molecule has 0 bridgehead atoms.